The Morgan fingerprint density at radius 2 is 0.872 bits per heavy atom. The molecular weight excluding hydrogens is 661 g/mol. The molecule has 3 N–H and O–H groups in total. The van der Waals surface area contributed by atoms with Crippen LogP contribution in [0.2, 0.25) is 0 Å². The first kappa shape index (κ1) is 40.8. The van der Waals surface area contributed by atoms with Crippen molar-refractivity contribution in [1.29, 1.82) is 0 Å². The van der Waals surface area contributed by atoms with E-state index in [4.69, 9.17) is 4.55 Å². The fourth-order valence-electron chi connectivity index (χ4n) is 5.95. The maximum Gasteiger partial charge on any atom is 0.296 e. The van der Waals surface area contributed by atoms with Gasteiger partial charge in [-0.2, -0.15) is 25.3 Å². The molecular formula is C35H52O9S3. The molecule has 0 saturated carbocycles. The minimum Gasteiger partial charge on any atom is -0.282 e. The Morgan fingerprint density at radius 1 is 0.468 bits per heavy atom. The van der Waals surface area contributed by atoms with Crippen molar-refractivity contribution in [1.82, 2.24) is 0 Å². The quantitative estimate of drug-likeness (QED) is 0.0812. The zero-order chi connectivity index (χ0) is 35.1. The molecule has 12 heteroatoms. The molecule has 0 radical (unpaired) electrons. The van der Waals surface area contributed by atoms with Crippen molar-refractivity contribution in [3.8, 4) is 0 Å². The van der Waals surface area contributed by atoms with Crippen molar-refractivity contribution in [2.45, 2.75) is 138 Å². The molecule has 9 nitrogen and oxygen atoms in total. The van der Waals surface area contributed by atoms with E-state index >= 15 is 0 Å². The first-order valence-electron chi connectivity index (χ1n) is 16.7. The van der Waals surface area contributed by atoms with Crippen molar-refractivity contribution in [2.24, 2.45) is 0 Å². The molecule has 0 spiro atoms. The molecule has 0 unspecified atom stereocenters. The van der Waals surface area contributed by atoms with Crippen LogP contribution in [-0.2, 0) is 43.2 Å². The van der Waals surface area contributed by atoms with Crippen LogP contribution >= 0.6 is 0 Å². The van der Waals surface area contributed by atoms with E-state index in [0.717, 1.165) is 56.9 Å². The molecule has 3 aromatic rings. The lowest BCUT2D eigenvalue weighted by Gasteiger charge is -2.20. The number of aryl methyl sites for hydroxylation is 2. The third-order valence-corrected chi connectivity index (χ3v) is 11.3. The van der Waals surface area contributed by atoms with Gasteiger partial charge in [0, 0.05) is 5.39 Å². The van der Waals surface area contributed by atoms with E-state index in [9.17, 15) is 34.4 Å². The molecule has 0 saturated heterocycles. The second-order valence-corrected chi connectivity index (χ2v) is 16.2. The van der Waals surface area contributed by atoms with Crippen LogP contribution in [0, 0.1) is 6.92 Å². The number of hydrogen-bond donors (Lipinski definition) is 3. The second kappa shape index (κ2) is 19.6. The molecule has 0 atom stereocenters. The minimum atomic E-state index is -4.91. The average molecular weight is 713 g/mol. The fraction of sp³-hybridized carbons (Fsp3) is 0.543. The lowest BCUT2D eigenvalue weighted by molar-refractivity contribution is 0.465. The number of benzene rings is 3. The van der Waals surface area contributed by atoms with Gasteiger partial charge < -0.3 is 0 Å². The van der Waals surface area contributed by atoms with Gasteiger partial charge in [0.15, 0.2) is 0 Å². The summed E-state index contributed by atoms with van der Waals surface area (Å²) in [6, 6.07) is 12.9. The standard InChI is InChI=1S/C28H44O6S2.C7H8O3S/c1-3-5-7-9-11-13-15-19-23-24-20-17-18-22-26(24)28(36(32,33)34)27(35(29,30)31)25(23)21-16-14-12-10-8-6-4-2;1-6-4-2-3-5-7(6)11(8,9)10/h17-18,20,22H,3-16,19,21H2,1-2H3,(H,29,30,31)(H,32,33,34);2-5H,1H3,(H,8,9,10). The van der Waals surface area contributed by atoms with Crippen molar-refractivity contribution in [2.75, 3.05) is 0 Å². The zero-order valence-electron chi connectivity index (χ0n) is 27.9. The molecule has 3 rings (SSSR count). The van der Waals surface area contributed by atoms with E-state index in [-0.39, 0.29) is 10.3 Å². The second-order valence-electron chi connectivity index (χ2n) is 12.1. The maximum atomic E-state index is 12.6. The van der Waals surface area contributed by atoms with Crippen LogP contribution in [0.15, 0.2) is 63.2 Å². The van der Waals surface area contributed by atoms with Gasteiger partial charge in [0.05, 0.1) is 4.90 Å². The van der Waals surface area contributed by atoms with Gasteiger partial charge in [0.1, 0.15) is 9.79 Å². The summed E-state index contributed by atoms with van der Waals surface area (Å²) in [7, 11) is -13.8. The Bertz CT molecular complexity index is 1750. The summed E-state index contributed by atoms with van der Waals surface area (Å²) in [4.78, 5) is -1.38. The summed E-state index contributed by atoms with van der Waals surface area (Å²) in [6.07, 6.45) is 15.9. The molecule has 0 aliphatic carbocycles. The van der Waals surface area contributed by atoms with Crippen LogP contribution < -0.4 is 0 Å². The summed E-state index contributed by atoms with van der Waals surface area (Å²) in [5.41, 5.74) is 1.66. The monoisotopic (exact) mass is 712 g/mol. The predicted octanol–water partition coefficient (Wildman–Crippen LogP) is 9.16. The van der Waals surface area contributed by atoms with Crippen LogP contribution in [0.5, 0.6) is 0 Å². The van der Waals surface area contributed by atoms with Gasteiger partial charge in [-0.1, -0.05) is 133 Å². The van der Waals surface area contributed by atoms with Crippen molar-refractivity contribution >= 4 is 41.1 Å². The third kappa shape index (κ3) is 13.2. The van der Waals surface area contributed by atoms with Crippen LogP contribution in [0.3, 0.4) is 0 Å². The van der Waals surface area contributed by atoms with E-state index in [1.54, 1.807) is 43.3 Å². The summed E-state index contributed by atoms with van der Waals surface area (Å²) in [5, 5.41) is 0.760. The molecule has 264 valence electrons. The molecule has 0 amide bonds. The predicted molar refractivity (Wildman–Crippen MR) is 188 cm³/mol. The molecule has 0 aromatic heterocycles. The van der Waals surface area contributed by atoms with Gasteiger partial charge in [-0.25, -0.2) is 0 Å². The normalized spacial score (nSPS) is 12.2. The van der Waals surface area contributed by atoms with Gasteiger partial charge in [-0.05, 0) is 60.7 Å². The number of fused-ring (bicyclic) bond motifs is 1. The molecule has 3 aromatic carbocycles. The van der Waals surface area contributed by atoms with Crippen molar-refractivity contribution in [3.63, 3.8) is 0 Å². The van der Waals surface area contributed by atoms with E-state index < -0.39 is 40.1 Å². The third-order valence-electron chi connectivity index (χ3n) is 8.29. The Morgan fingerprint density at radius 3 is 1.30 bits per heavy atom. The summed E-state index contributed by atoms with van der Waals surface area (Å²) in [5.74, 6) is 0. The lowest BCUT2D eigenvalue weighted by Crippen LogP contribution is -2.15. The summed E-state index contributed by atoms with van der Waals surface area (Å²) >= 11 is 0. The van der Waals surface area contributed by atoms with E-state index in [1.165, 1.54) is 44.2 Å². The lowest BCUT2D eigenvalue weighted by atomic mass is 9.91. The molecule has 0 heterocycles. The SMILES string of the molecule is CCCCCCCCCc1c(S(=O)(=O)O)c(S(=O)(=O)O)c2ccccc2c1CCCCCCCCC.Cc1ccccc1S(=O)(=O)O. The zero-order valence-corrected chi connectivity index (χ0v) is 30.4. The Balaban J connectivity index is 0.000000587. The summed E-state index contributed by atoms with van der Waals surface area (Å²) < 4.78 is 100. The summed E-state index contributed by atoms with van der Waals surface area (Å²) in [6.45, 7) is 5.97. The van der Waals surface area contributed by atoms with Crippen LogP contribution in [0.25, 0.3) is 10.8 Å². The Hall–Kier alpha value is -2.35. The first-order chi connectivity index (χ1) is 22.1. The maximum absolute atomic E-state index is 12.6. The van der Waals surface area contributed by atoms with Crippen LogP contribution in [0.1, 0.15) is 120 Å². The van der Waals surface area contributed by atoms with Gasteiger partial charge in [0.25, 0.3) is 30.4 Å². The topological polar surface area (TPSA) is 163 Å². The van der Waals surface area contributed by atoms with Gasteiger partial charge in [-0.15, -0.1) is 0 Å². The van der Waals surface area contributed by atoms with Crippen LogP contribution in [-0.4, -0.2) is 38.9 Å². The van der Waals surface area contributed by atoms with E-state index in [1.807, 2.05) is 0 Å². The highest BCUT2D eigenvalue weighted by molar-refractivity contribution is 7.89. The van der Waals surface area contributed by atoms with E-state index in [2.05, 4.69) is 13.8 Å². The molecule has 0 bridgehead atoms. The van der Waals surface area contributed by atoms with Crippen molar-refractivity contribution in [3.05, 3.63) is 65.2 Å². The van der Waals surface area contributed by atoms with Gasteiger partial charge in [0.2, 0.25) is 0 Å². The minimum absolute atomic E-state index is 0.0278. The smallest absolute Gasteiger partial charge is 0.282 e. The average Bonchev–Trinajstić information content (AvgIpc) is 2.99. The number of hydrogen-bond acceptors (Lipinski definition) is 6. The van der Waals surface area contributed by atoms with E-state index in [0.29, 0.717) is 35.8 Å². The Kier molecular flexibility index (Phi) is 17.0. The highest BCUT2D eigenvalue weighted by Crippen LogP contribution is 2.38. The first-order valence-corrected chi connectivity index (χ1v) is 21.0. The highest BCUT2D eigenvalue weighted by Gasteiger charge is 2.32. The van der Waals surface area contributed by atoms with Crippen molar-refractivity contribution < 1.29 is 38.9 Å². The molecule has 0 aliphatic heterocycles. The molecule has 0 aliphatic rings. The largest absolute Gasteiger partial charge is 0.296 e. The van der Waals surface area contributed by atoms with Gasteiger partial charge in [-0.3, -0.25) is 13.7 Å². The fourth-order valence-corrected chi connectivity index (χ4v) is 9.00. The number of unbranched alkanes of at least 4 members (excludes halogenated alkanes) is 12. The molecule has 47 heavy (non-hydrogen) atoms. The molecule has 0 fully saturated rings. The van der Waals surface area contributed by atoms with Crippen LogP contribution in [0.4, 0.5) is 0 Å². The van der Waals surface area contributed by atoms with Gasteiger partial charge >= 0.3 is 0 Å². The number of rotatable bonds is 19. The highest BCUT2D eigenvalue weighted by atomic mass is 32.2. The Labute approximate surface area is 282 Å².